The molecule has 0 aromatic carbocycles. The second kappa shape index (κ2) is 9.31. The number of nitrogens with one attached hydrogen (secondary N) is 1. The van der Waals surface area contributed by atoms with Gasteiger partial charge in [-0.3, -0.25) is 9.97 Å². The largest absolute Gasteiger partial charge is 0.393 e. The summed E-state index contributed by atoms with van der Waals surface area (Å²) < 4.78 is 5.41. The molecule has 6 heteroatoms. The normalized spacial score (nSPS) is 16.4. The highest BCUT2D eigenvalue weighted by molar-refractivity contribution is 6.33. The first kappa shape index (κ1) is 19.1. The molecule has 0 bridgehead atoms. The van der Waals surface area contributed by atoms with Crippen LogP contribution in [0.3, 0.4) is 0 Å². The van der Waals surface area contributed by atoms with Crippen molar-refractivity contribution in [1.29, 1.82) is 0 Å². The Balaban J connectivity index is 1.71. The maximum absolute atomic E-state index is 9.48. The Bertz CT molecular complexity index is 718. The molecule has 0 aliphatic carbocycles. The van der Waals surface area contributed by atoms with Gasteiger partial charge in [-0.25, -0.2) is 0 Å². The van der Waals surface area contributed by atoms with E-state index < -0.39 is 0 Å². The summed E-state index contributed by atoms with van der Waals surface area (Å²) in [6.45, 7) is 4.42. The fourth-order valence-electron chi connectivity index (χ4n) is 3.09. The van der Waals surface area contributed by atoms with Crippen molar-refractivity contribution in [3.05, 3.63) is 41.4 Å². The van der Waals surface area contributed by atoms with E-state index in [1.165, 1.54) is 0 Å². The minimum atomic E-state index is -0.338. The summed E-state index contributed by atoms with van der Waals surface area (Å²) >= 11 is 6.37. The van der Waals surface area contributed by atoms with Crippen molar-refractivity contribution in [2.24, 2.45) is 5.92 Å². The molecule has 0 spiro atoms. The molecule has 3 heterocycles. The van der Waals surface area contributed by atoms with Crippen molar-refractivity contribution < 1.29 is 9.84 Å². The molecular weight excluding hydrogens is 350 g/mol. The van der Waals surface area contributed by atoms with Crippen LogP contribution in [0.4, 0.5) is 5.69 Å². The van der Waals surface area contributed by atoms with Crippen LogP contribution in [0.5, 0.6) is 0 Å². The minimum Gasteiger partial charge on any atom is -0.393 e. The van der Waals surface area contributed by atoms with Crippen LogP contribution >= 0.6 is 11.6 Å². The first-order chi connectivity index (χ1) is 12.6. The molecule has 2 aromatic heterocycles. The molecule has 2 aromatic rings. The Morgan fingerprint density at radius 2 is 2.08 bits per heavy atom. The Morgan fingerprint density at radius 3 is 2.85 bits per heavy atom. The molecule has 3 rings (SSSR count). The summed E-state index contributed by atoms with van der Waals surface area (Å²) in [6.07, 6.45) is 8.60. The molecule has 2 N–H and O–H groups in total. The molecule has 1 aliphatic heterocycles. The van der Waals surface area contributed by atoms with E-state index >= 15 is 0 Å². The highest BCUT2D eigenvalue weighted by Crippen LogP contribution is 2.29. The molecule has 0 radical (unpaired) electrons. The first-order valence-corrected chi connectivity index (χ1v) is 9.59. The molecule has 140 valence electrons. The zero-order valence-electron chi connectivity index (χ0n) is 15.1. The third kappa shape index (κ3) is 5.40. The average molecular weight is 376 g/mol. The van der Waals surface area contributed by atoms with Crippen LogP contribution in [0.1, 0.15) is 31.9 Å². The van der Waals surface area contributed by atoms with Crippen LogP contribution in [0.2, 0.25) is 5.02 Å². The van der Waals surface area contributed by atoms with Gasteiger partial charge in [-0.05, 0) is 50.7 Å². The van der Waals surface area contributed by atoms with Gasteiger partial charge in [0.15, 0.2) is 0 Å². The molecule has 0 saturated carbocycles. The number of aromatic nitrogens is 2. The number of halogens is 1. The Labute approximate surface area is 159 Å². The highest BCUT2D eigenvalue weighted by Gasteiger charge is 2.14. The highest BCUT2D eigenvalue weighted by atomic mass is 35.5. The number of anilines is 1. The van der Waals surface area contributed by atoms with E-state index in [2.05, 4.69) is 21.4 Å². The lowest BCUT2D eigenvalue weighted by molar-refractivity contribution is 0.0699. The van der Waals surface area contributed by atoms with Gasteiger partial charge in [0.25, 0.3) is 0 Å². The van der Waals surface area contributed by atoms with E-state index in [1.807, 2.05) is 18.5 Å². The van der Waals surface area contributed by atoms with Crippen LogP contribution in [0.15, 0.2) is 30.7 Å². The average Bonchev–Trinajstić information content (AvgIpc) is 2.67. The van der Waals surface area contributed by atoms with Crippen molar-refractivity contribution in [2.45, 2.75) is 38.7 Å². The van der Waals surface area contributed by atoms with E-state index in [4.69, 9.17) is 16.3 Å². The van der Waals surface area contributed by atoms with Gasteiger partial charge in [0.1, 0.15) is 0 Å². The van der Waals surface area contributed by atoms with Crippen molar-refractivity contribution in [3.63, 3.8) is 0 Å². The molecule has 1 fully saturated rings. The SMILES string of the molecule is C[C@@H](O)CCc1cc(-c2cncc(NCC3CCOCC3)c2)c(Cl)cn1. The molecule has 5 nitrogen and oxygen atoms in total. The third-order valence-electron chi connectivity index (χ3n) is 4.72. The second-order valence-corrected chi connectivity index (χ2v) is 7.35. The summed E-state index contributed by atoms with van der Waals surface area (Å²) in [5, 5.41) is 13.6. The fourth-order valence-corrected chi connectivity index (χ4v) is 3.31. The van der Waals surface area contributed by atoms with Gasteiger partial charge in [0, 0.05) is 55.2 Å². The topological polar surface area (TPSA) is 67.3 Å². The number of pyridine rings is 2. The summed E-state index contributed by atoms with van der Waals surface area (Å²) in [5.41, 5.74) is 3.80. The monoisotopic (exact) mass is 375 g/mol. The number of nitrogens with zero attached hydrogens (tertiary/aromatic N) is 2. The Hall–Kier alpha value is -1.69. The van der Waals surface area contributed by atoms with Crippen LogP contribution in [-0.2, 0) is 11.2 Å². The molecule has 1 aliphatic rings. The van der Waals surface area contributed by atoms with Crippen molar-refractivity contribution in [2.75, 3.05) is 25.1 Å². The van der Waals surface area contributed by atoms with E-state index in [0.29, 0.717) is 17.4 Å². The predicted molar refractivity (Wildman–Crippen MR) is 105 cm³/mol. The van der Waals surface area contributed by atoms with E-state index in [0.717, 1.165) is 61.5 Å². The molecular formula is C20H26ClN3O2. The smallest absolute Gasteiger partial charge is 0.0668 e. The molecule has 1 atom stereocenters. The number of hydrogen-bond donors (Lipinski definition) is 2. The van der Waals surface area contributed by atoms with Gasteiger partial charge < -0.3 is 15.2 Å². The fraction of sp³-hybridized carbons (Fsp3) is 0.500. The number of aliphatic hydroxyl groups is 1. The van der Waals surface area contributed by atoms with Crippen LogP contribution in [-0.4, -0.2) is 40.9 Å². The number of aliphatic hydroxyl groups excluding tert-OH is 1. The van der Waals surface area contributed by atoms with Crippen LogP contribution in [0.25, 0.3) is 11.1 Å². The van der Waals surface area contributed by atoms with Crippen LogP contribution in [0, 0.1) is 5.92 Å². The predicted octanol–water partition coefficient (Wildman–Crippen LogP) is 3.95. The number of rotatable bonds is 7. The van der Waals surface area contributed by atoms with Gasteiger partial charge in [-0.15, -0.1) is 0 Å². The van der Waals surface area contributed by atoms with Crippen LogP contribution < -0.4 is 5.32 Å². The lowest BCUT2D eigenvalue weighted by Gasteiger charge is -2.22. The van der Waals surface area contributed by atoms with Crippen molar-refractivity contribution >= 4 is 17.3 Å². The molecule has 0 amide bonds. The number of aryl methyl sites for hydroxylation is 1. The Kier molecular flexibility index (Phi) is 6.83. The zero-order chi connectivity index (χ0) is 18.4. The van der Waals surface area contributed by atoms with E-state index in [9.17, 15) is 5.11 Å². The summed E-state index contributed by atoms with van der Waals surface area (Å²) in [4.78, 5) is 8.73. The lowest BCUT2D eigenvalue weighted by Crippen LogP contribution is -2.22. The van der Waals surface area contributed by atoms with Gasteiger partial charge in [0.05, 0.1) is 16.8 Å². The minimum absolute atomic E-state index is 0.338. The first-order valence-electron chi connectivity index (χ1n) is 9.21. The van der Waals surface area contributed by atoms with Crippen molar-refractivity contribution in [1.82, 2.24) is 9.97 Å². The molecule has 26 heavy (non-hydrogen) atoms. The zero-order valence-corrected chi connectivity index (χ0v) is 15.9. The maximum atomic E-state index is 9.48. The molecule has 0 unspecified atom stereocenters. The quantitative estimate of drug-likeness (QED) is 0.767. The standard InChI is InChI=1S/C20H26ClN3O2/c1-14(25)2-3-17-9-19(20(21)13-24-17)16-8-18(12-22-11-16)23-10-15-4-6-26-7-5-15/h8-9,11-15,23,25H,2-7,10H2,1H3/t14-/m1/s1. The Morgan fingerprint density at radius 1 is 1.27 bits per heavy atom. The van der Waals surface area contributed by atoms with Gasteiger partial charge in [0.2, 0.25) is 0 Å². The summed E-state index contributed by atoms with van der Waals surface area (Å²) in [7, 11) is 0. The van der Waals surface area contributed by atoms with E-state index in [1.54, 1.807) is 13.1 Å². The molecule has 1 saturated heterocycles. The van der Waals surface area contributed by atoms with E-state index in [-0.39, 0.29) is 6.10 Å². The number of hydrogen-bond acceptors (Lipinski definition) is 5. The third-order valence-corrected chi connectivity index (χ3v) is 5.02. The second-order valence-electron chi connectivity index (χ2n) is 6.94. The lowest BCUT2D eigenvalue weighted by atomic mass is 10.0. The van der Waals surface area contributed by atoms with Gasteiger partial charge in [-0.1, -0.05) is 11.6 Å². The summed E-state index contributed by atoms with van der Waals surface area (Å²) in [6, 6.07) is 4.07. The summed E-state index contributed by atoms with van der Waals surface area (Å²) in [5.74, 6) is 0.643. The number of ether oxygens (including phenoxy) is 1. The van der Waals surface area contributed by atoms with Crippen molar-refractivity contribution in [3.8, 4) is 11.1 Å². The maximum Gasteiger partial charge on any atom is 0.0668 e. The van der Waals surface area contributed by atoms with Gasteiger partial charge >= 0.3 is 0 Å². The van der Waals surface area contributed by atoms with Gasteiger partial charge in [-0.2, -0.15) is 0 Å².